The Balaban J connectivity index is 1.84. The molecule has 1 aliphatic rings. The van der Waals surface area contributed by atoms with Crippen LogP contribution in [-0.4, -0.2) is 24.9 Å². The summed E-state index contributed by atoms with van der Waals surface area (Å²) in [6.45, 7) is 3.94. The SMILES string of the molecule is CCOc1ccc(CNCC2(CO)CCC2)cc1F. The monoisotopic (exact) mass is 267 g/mol. The molecule has 0 radical (unpaired) electrons. The van der Waals surface area contributed by atoms with E-state index in [1.807, 2.05) is 13.0 Å². The fourth-order valence-electron chi connectivity index (χ4n) is 2.47. The van der Waals surface area contributed by atoms with Crippen LogP contribution in [-0.2, 0) is 6.54 Å². The van der Waals surface area contributed by atoms with Gasteiger partial charge in [-0.25, -0.2) is 4.39 Å². The van der Waals surface area contributed by atoms with Gasteiger partial charge in [0, 0.05) is 25.1 Å². The van der Waals surface area contributed by atoms with Gasteiger partial charge in [-0.1, -0.05) is 12.5 Å². The van der Waals surface area contributed by atoms with E-state index in [4.69, 9.17) is 4.74 Å². The maximum absolute atomic E-state index is 13.6. The van der Waals surface area contributed by atoms with Gasteiger partial charge in [0.25, 0.3) is 0 Å². The predicted molar refractivity (Wildman–Crippen MR) is 72.6 cm³/mol. The van der Waals surface area contributed by atoms with E-state index in [9.17, 15) is 9.50 Å². The number of benzene rings is 1. The number of hydrogen-bond donors (Lipinski definition) is 2. The first-order valence-electron chi connectivity index (χ1n) is 6.92. The van der Waals surface area contributed by atoms with Gasteiger partial charge in [0.2, 0.25) is 0 Å². The molecule has 0 atom stereocenters. The third-order valence-electron chi connectivity index (χ3n) is 3.87. The molecule has 0 aliphatic heterocycles. The van der Waals surface area contributed by atoms with E-state index < -0.39 is 0 Å². The highest BCUT2D eigenvalue weighted by Crippen LogP contribution is 2.39. The van der Waals surface area contributed by atoms with E-state index in [-0.39, 0.29) is 17.8 Å². The molecule has 2 rings (SSSR count). The molecule has 106 valence electrons. The number of rotatable bonds is 7. The van der Waals surface area contributed by atoms with Gasteiger partial charge in [0.05, 0.1) is 6.61 Å². The van der Waals surface area contributed by atoms with E-state index in [1.54, 1.807) is 6.07 Å². The summed E-state index contributed by atoms with van der Waals surface area (Å²) in [5.41, 5.74) is 0.956. The zero-order valence-electron chi connectivity index (χ0n) is 11.4. The molecule has 1 aromatic rings. The number of halogens is 1. The minimum absolute atomic E-state index is 0.0593. The van der Waals surface area contributed by atoms with Crippen molar-refractivity contribution in [2.75, 3.05) is 19.8 Å². The summed E-state index contributed by atoms with van der Waals surface area (Å²) in [4.78, 5) is 0. The van der Waals surface area contributed by atoms with Gasteiger partial charge in [0.1, 0.15) is 0 Å². The highest BCUT2D eigenvalue weighted by atomic mass is 19.1. The van der Waals surface area contributed by atoms with Crippen molar-refractivity contribution in [1.29, 1.82) is 0 Å². The Bertz CT molecular complexity index is 413. The summed E-state index contributed by atoms with van der Waals surface area (Å²) < 4.78 is 18.8. The maximum atomic E-state index is 13.6. The maximum Gasteiger partial charge on any atom is 0.165 e. The van der Waals surface area contributed by atoms with Crippen molar-refractivity contribution >= 4 is 0 Å². The molecule has 4 heteroatoms. The second-order valence-corrected chi connectivity index (χ2v) is 5.31. The van der Waals surface area contributed by atoms with Crippen molar-refractivity contribution < 1.29 is 14.2 Å². The largest absolute Gasteiger partial charge is 0.491 e. The van der Waals surface area contributed by atoms with Crippen molar-refractivity contribution in [2.45, 2.75) is 32.7 Å². The van der Waals surface area contributed by atoms with E-state index in [0.717, 1.165) is 24.9 Å². The van der Waals surface area contributed by atoms with Crippen LogP contribution in [0.1, 0.15) is 31.7 Å². The minimum Gasteiger partial charge on any atom is -0.491 e. The lowest BCUT2D eigenvalue weighted by Crippen LogP contribution is -2.42. The van der Waals surface area contributed by atoms with Crippen LogP contribution in [0.25, 0.3) is 0 Å². The summed E-state index contributed by atoms with van der Waals surface area (Å²) >= 11 is 0. The smallest absolute Gasteiger partial charge is 0.165 e. The predicted octanol–water partition coefficient (Wildman–Crippen LogP) is 2.48. The molecule has 19 heavy (non-hydrogen) atoms. The standard InChI is InChI=1S/C15H22FNO2/c1-2-19-14-5-4-12(8-13(14)16)9-17-10-15(11-18)6-3-7-15/h4-5,8,17-18H,2-3,6-7,9-11H2,1H3. The molecule has 0 amide bonds. The first kappa shape index (κ1) is 14.3. The van der Waals surface area contributed by atoms with Gasteiger partial charge in [-0.05, 0) is 37.5 Å². The molecule has 2 N–H and O–H groups in total. The average Bonchev–Trinajstić information content (AvgIpc) is 2.36. The number of aliphatic hydroxyl groups excluding tert-OH is 1. The summed E-state index contributed by atoms with van der Waals surface area (Å²) in [7, 11) is 0. The van der Waals surface area contributed by atoms with Crippen molar-refractivity contribution in [3.05, 3.63) is 29.6 Å². The lowest BCUT2D eigenvalue weighted by Gasteiger charge is -2.40. The van der Waals surface area contributed by atoms with Crippen molar-refractivity contribution in [3.8, 4) is 5.75 Å². The fourth-order valence-corrected chi connectivity index (χ4v) is 2.47. The van der Waals surface area contributed by atoms with E-state index in [0.29, 0.717) is 18.9 Å². The van der Waals surface area contributed by atoms with Crippen LogP contribution >= 0.6 is 0 Å². The molecule has 0 aromatic heterocycles. The Morgan fingerprint density at radius 3 is 2.74 bits per heavy atom. The number of hydrogen-bond acceptors (Lipinski definition) is 3. The fraction of sp³-hybridized carbons (Fsp3) is 0.600. The molecule has 0 unspecified atom stereocenters. The average molecular weight is 267 g/mol. The van der Waals surface area contributed by atoms with Gasteiger partial charge in [-0.2, -0.15) is 0 Å². The zero-order valence-corrected chi connectivity index (χ0v) is 11.4. The molecule has 0 saturated heterocycles. The third kappa shape index (κ3) is 3.45. The van der Waals surface area contributed by atoms with Crippen LogP contribution in [0.5, 0.6) is 5.75 Å². The third-order valence-corrected chi connectivity index (χ3v) is 3.87. The summed E-state index contributed by atoms with van der Waals surface area (Å²) in [5, 5.41) is 12.7. The van der Waals surface area contributed by atoms with Crippen molar-refractivity contribution in [1.82, 2.24) is 5.32 Å². The number of ether oxygens (including phenoxy) is 1. The molecule has 0 spiro atoms. The molecular weight excluding hydrogens is 245 g/mol. The molecular formula is C15H22FNO2. The molecule has 1 aromatic carbocycles. The molecule has 1 saturated carbocycles. The Hall–Kier alpha value is -1.13. The lowest BCUT2D eigenvalue weighted by molar-refractivity contribution is 0.0445. The van der Waals surface area contributed by atoms with Crippen molar-refractivity contribution in [2.24, 2.45) is 5.41 Å². The molecule has 1 aliphatic carbocycles. The topological polar surface area (TPSA) is 41.5 Å². The first-order valence-corrected chi connectivity index (χ1v) is 6.92. The Morgan fingerprint density at radius 2 is 2.21 bits per heavy atom. The number of aliphatic hydroxyl groups is 1. The Kier molecular flexibility index (Phi) is 4.77. The Labute approximate surface area is 113 Å². The van der Waals surface area contributed by atoms with E-state index >= 15 is 0 Å². The van der Waals surface area contributed by atoms with E-state index in [1.165, 1.54) is 12.5 Å². The van der Waals surface area contributed by atoms with Gasteiger partial charge in [-0.15, -0.1) is 0 Å². The first-order chi connectivity index (χ1) is 9.19. The van der Waals surface area contributed by atoms with E-state index in [2.05, 4.69) is 5.32 Å². The minimum atomic E-state index is -0.318. The highest BCUT2D eigenvalue weighted by molar-refractivity contribution is 5.29. The van der Waals surface area contributed by atoms with Crippen LogP contribution < -0.4 is 10.1 Å². The normalized spacial score (nSPS) is 17.0. The number of nitrogens with one attached hydrogen (secondary N) is 1. The lowest BCUT2D eigenvalue weighted by atomic mass is 9.69. The van der Waals surface area contributed by atoms with Crippen LogP contribution in [0, 0.1) is 11.2 Å². The second-order valence-electron chi connectivity index (χ2n) is 5.31. The van der Waals surface area contributed by atoms with Crippen LogP contribution in [0.3, 0.4) is 0 Å². The highest BCUT2D eigenvalue weighted by Gasteiger charge is 2.35. The van der Waals surface area contributed by atoms with Gasteiger partial charge >= 0.3 is 0 Å². The second kappa shape index (κ2) is 6.35. The summed E-state index contributed by atoms with van der Waals surface area (Å²) in [5.74, 6) is -0.0151. The van der Waals surface area contributed by atoms with Crippen LogP contribution in [0.15, 0.2) is 18.2 Å². The molecule has 0 bridgehead atoms. The van der Waals surface area contributed by atoms with Gasteiger partial charge in [-0.3, -0.25) is 0 Å². The van der Waals surface area contributed by atoms with Gasteiger partial charge < -0.3 is 15.2 Å². The zero-order chi connectivity index (χ0) is 13.7. The van der Waals surface area contributed by atoms with Crippen molar-refractivity contribution in [3.63, 3.8) is 0 Å². The Morgan fingerprint density at radius 1 is 1.42 bits per heavy atom. The molecule has 0 heterocycles. The molecule has 1 fully saturated rings. The summed E-state index contributed by atoms with van der Waals surface area (Å²) in [6, 6.07) is 5.04. The quantitative estimate of drug-likeness (QED) is 0.797. The molecule has 3 nitrogen and oxygen atoms in total. The summed E-state index contributed by atoms with van der Waals surface area (Å²) in [6.07, 6.45) is 3.35. The van der Waals surface area contributed by atoms with Crippen LogP contribution in [0.4, 0.5) is 4.39 Å². The van der Waals surface area contributed by atoms with Crippen LogP contribution in [0.2, 0.25) is 0 Å². The van der Waals surface area contributed by atoms with Gasteiger partial charge in [0.15, 0.2) is 11.6 Å².